The van der Waals surface area contributed by atoms with Crippen molar-refractivity contribution in [3.05, 3.63) is 64.9 Å². The van der Waals surface area contributed by atoms with Gasteiger partial charge in [0.15, 0.2) is 17.2 Å². The van der Waals surface area contributed by atoms with E-state index in [-0.39, 0.29) is 18.4 Å². The molecule has 2 heterocycles. The lowest BCUT2D eigenvalue weighted by Crippen LogP contribution is -2.05. The zero-order chi connectivity index (χ0) is 18.1. The van der Waals surface area contributed by atoms with Gasteiger partial charge in [-0.1, -0.05) is 12.1 Å². The van der Waals surface area contributed by atoms with Crippen molar-refractivity contribution in [3.63, 3.8) is 0 Å². The third kappa shape index (κ3) is 2.90. The van der Waals surface area contributed by atoms with Gasteiger partial charge in [-0.25, -0.2) is 14.6 Å². The molecule has 0 atom stereocenters. The van der Waals surface area contributed by atoms with Crippen LogP contribution < -0.4 is 9.47 Å². The van der Waals surface area contributed by atoms with E-state index < -0.39 is 11.9 Å². The van der Waals surface area contributed by atoms with E-state index >= 15 is 0 Å². The van der Waals surface area contributed by atoms with Crippen LogP contribution in [0.3, 0.4) is 0 Å². The Labute approximate surface area is 148 Å². The maximum Gasteiger partial charge on any atom is 0.363 e. The van der Waals surface area contributed by atoms with E-state index in [4.69, 9.17) is 14.2 Å². The van der Waals surface area contributed by atoms with Crippen molar-refractivity contribution in [2.75, 3.05) is 13.9 Å². The van der Waals surface area contributed by atoms with Crippen LogP contribution in [0.1, 0.15) is 21.5 Å². The standard InChI is InChI=1S/C19H13NO6/c1-23-18(21)12-4-2-11(3-5-12)8-14-19(22)26-17(20-14)13-6-7-15-16(9-13)25-10-24-15/h2-9H,10H2,1H3/b14-8+. The molecular formula is C19H13NO6. The number of cyclic esters (lactones) is 1. The van der Waals surface area contributed by atoms with Gasteiger partial charge in [-0.05, 0) is 42.0 Å². The molecule has 0 aromatic heterocycles. The Morgan fingerprint density at radius 2 is 1.88 bits per heavy atom. The zero-order valence-corrected chi connectivity index (χ0v) is 13.7. The van der Waals surface area contributed by atoms with Crippen LogP contribution >= 0.6 is 0 Å². The Kier molecular flexibility index (Phi) is 3.89. The Morgan fingerprint density at radius 1 is 1.12 bits per heavy atom. The van der Waals surface area contributed by atoms with Gasteiger partial charge in [-0.3, -0.25) is 0 Å². The molecule has 0 radical (unpaired) electrons. The Bertz CT molecular complexity index is 958. The first-order chi connectivity index (χ1) is 12.6. The minimum absolute atomic E-state index is 0.164. The van der Waals surface area contributed by atoms with Crippen molar-refractivity contribution >= 4 is 23.9 Å². The summed E-state index contributed by atoms with van der Waals surface area (Å²) in [4.78, 5) is 27.8. The van der Waals surface area contributed by atoms with E-state index in [1.54, 1.807) is 48.5 Å². The number of methoxy groups -OCH3 is 1. The van der Waals surface area contributed by atoms with Crippen LogP contribution in [0.15, 0.2) is 53.2 Å². The first-order valence-electron chi connectivity index (χ1n) is 7.75. The molecule has 2 aromatic rings. The molecule has 0 fully saturated rings. The molecule has 0 bridgehead atoms. The topological polar surface area (TPSA) is 83.4 Å². The largest absolute Gasteiger partial charge is 0.465 e. The number of benzene rings is 2. The van der Waals surface area contributed by atoms with Crippen molar-refractivity contribution in [1.29, 1.82) is 0 Å². The monoisotopic (exact) mass is 351 g/mol. The van der Waals surface area contributed by atoms with Crippen LogP contribution in [0.4, 0.5) is 0 Å². The highest BCUT2D eigenvalue weighted by molar-refractivity contribution is 6.13. The lowest BCUT2D eigenvalue weighted by Gasteiger charge is -2.01. The second-order valence-corrected chi connectivity index (χ2v) is 5.52. The first kappa shape index (κ1) is 15.9. The van der Waals surface area contributed by atoms with Crippen LogP contribution in [0, 0.1) is 0 Å². The van der Waals surface area contributed by atoms with Gasteiger partial charge in [0.25, 0.3) is 0 Å². The van der Waals surface area contributed by atoms with Gasteiger partial charge in [0.05, 0.1) is 12.7 Å². The highest BCUT2D eigenvalue weighted by Gasteiger charge is 2.25. The number of fused-ring (bicyclic) bond motifs is 1. The Hall–Kier alpha value is -3.61. The van der Waals surface area contributed by atoms with Crippen molar-refractivity contribution in [2.24, 2.45) is 4.99 Å². The highest BCUT2D eigenvalue weighted by atomic mass is 16.7. The van der Waals surface area contributed by atoms with E-state index in [1.807, 2.05) is 0 Å². The first-order valence-corrected chi connectivity index (χ1v) is 7.75. The number of carbonyl (C=O) groups excluding carboxylic acids is 2. The molecule has 0 aliphatic carbocycles. The molecule has 130 valence electrons. The summed E-state index contributed by atoms with van der Waals surface area (Å²) in [5, 5.41) is 0. The van der Waals surface area contributed by atoms with Crippen molar-refractivity contribution < 1.29 is 28.5 Å². The number of ether oxygens (including phenoxy) is 4. The number of nitrogens with zero attached hydrogens (tertiary/aromatic N) is 1. The molecule has 7 heteroatoms. The summed E-state index contributed by atoms with van der Waals surface area (Å²) < 4.78 is 20.5. The summed E-state index contributed by atoms with van der Waals surface area (Å²) in [5.41, 5.74) is 1.92. The lowest BCUT2D eigenvalue weighted by atomic mass is 10.1. The summed E-state index contributed by atoms with van der Waals surface area (Å²) in [6, 6.07) is 11.8. The summed E-state index contributed by atoms with van der Waals surface area (Å²) in [7, 11) is 1.32. The SMILES string of the molecule is COC(=O)c1ccc(/C=C2/N=C(c3ccc4c(c3)OCO4)OC2=O)cc1. The molecule has 0 saturated heterocycles. The molecule has 7 nitrogen and oxygen atoms in total. The Balaban J connectivity index is 1.60. The van der Waals surface area contributed by atoms with Gasteiger partial charge in [-0.15, -0.1) is 0 Å². The summed E-state index contributed by atoms with van der Waals surface area (Å²) in [6.07, 6.45) is 1.59. The van der Waals surface area contributed by atoms with Gasteiger partial charge in [-0.2, -0.15) is 0 Å². The maximum atomic E-state index is 12.1. The van der Waals surface area contributed by atoms with Crippen molar-refractivity contribution in [3.8, 4) is 11.5 Å². The van der Waals surface area contributed by atoms with Crippen LogP contribution in [-0.4, -0.2) is 31.7 Å². The van der Waals surface area contributed by atoms with Crippen LogP contribution in [-0.2, 0) is 14.3 Å². The Morgan fingerprint density at radius 3 is 2.65 bits per heavy atom. The lowest BCUT2D eigenvalue weighted by molar-refractivity contribution is -0.129. The van der Waals surface area contributed by atoms with Crippen LogP contribution in [0.5, 0.6) is 11.5 Å². The minimum Gasteiger partial charge on any atom is -0.465 e. The summed E-state index contributed by atoms with van der Waals surface area (Å²) in [5.74, 6) is 0.449. The molecule has 0 unspecified atom stereocenters. The third-order valence-electron chi connectivity index (χ3n) is 3.88. The van der Waals surface area contributed by atoms with Gasteiger partial charge in [0.2, 0.25) is 12.7 Å². The second kappa shape index (κ2) is 6.36. The number of esters is 2. The quantitative estimate of drug-likeness (QED) is 0.624. The number of aliphatic imine (C=N–C) groups is 1. The summed E-state index contributed by atoms with van der Waals surface area (Å²) >= 11 is 0. The number of carbonyl (C=O) groups is 2. The molecule has 0 amide bonds. The molecule has 26 heavy (non-hydrogen) atoms. The molecule has 4 rings (SSSR count). The molecular weight excluding hydrogens is 338 g/mol. The van der Waals surface area contributed by atoms with E-state index in [0.717, 1.165) is 0 Å². The van der Waals surface area contributed by atoms with Crippen molar-refractivity contribution in [1.82, 2.24) is 0 Å². The second-order valence-electron chi connectivity index (χ2n) is 5.52. The predicted octanol–water partition coefficient (Wildman–Crippen LogP) is 2.55. The maximum absolute atomic E-state index is 12.1. The van der Waals surface area contributed by atoms with Gasteiger partial charge < -0.3 is 18.9 Å². The van der Waals surface area contributed by atoms with Gasteiger partial charge in [0.1, 0.15) is 0 Å². The van der Waals surface area contributed by atoms with Gasteiger partial charge >= 0.3 is 11.9 Å². The third-order valence-corrected chi connectivity index (χ3v) is 3.88. The fourth-order valence-electron chi connectivity index (χ4n) is 2.55. The normalized spacial score (nSPS) is 16.4. The zero-order valence-electron chi connectivity index (χ0n) is 13.7. The van der Waals surface area contributed by atoms with Gasteiger partial charge in [0, 0.05) is 5.56 Å². The molecule has 2 aliphatic rings. The molecule has 0 saturated carbocycles. The van der Waals surface area contributed by atoms with E-state index in [0.29, 0.717) is 28.2 Å². The van der Waals surface area contributed by atoms with Crippen molar-refractivity contribution in [2.45, 2.75) is 0 Å². The van der Waals surface area contributed by atoms with E-state index in [9.17, 15) is 9.59 Å². The predicted molar refractivity (Wildman–Crippen MR) is 91.0 cm³/mol. The number of hydrogen-bond donors (Lipinski definition) is 0. The van der Waals surface area contributed by atoms with Crippen LogP contribution in [0.2, 0.25) is 0 Å². The highest BCUT2D eigenvalue weighted by Crippen LogP contribution is 2.33. The van der Waals surface area contributed by atoms with Crippen LogP contribution in [0.25, 0.3) is 6.08 Å². The molecule has 0 spiro atoms. The van der Waals surface area contributed by atoms with E-state index in [2.05, 4.69) is 9.73 Å². The fourth-order valence-corrected chi connectivity index (χ4v) is 2.55. The van der Waals surface area contributed by atoms with E-state index in [1.165, 1.54) is 7.11 Å². The molecule has 2 aliphatic heterocycles. The smallest absolute Gasteiger partial charge is 0.363 e. The molecule has 2 aromatic carbocycles. The fraction of sp³-hybridized carbons (Fsp3) is 0.105. The number of rotatable bonds is 3. The molecule has 0 N–H and O–H groups in total. The average Bonchev–Trinajstić information content (AvgIpc) is 3.28. The average molecular weight is 351 g/mol. The number of hydrogen-bond acceptors (Lipinski definition) is 7. The minimum atomic E-state index is -0.547. The summed E-state index contributed by atoms with van der Waals surface area (Å²) in [6.45, 7) is 0.164.